The summed E-state index contributed by atoms with van der Waals surface area (Å²) in [5, 5.41) is 11.6. The van der Waals surface area contributed by atoms with Crippen LogP contribution in [-0.4, -0.2) is 23.3 Å². The van der Waals surface area contributed by atoms with E-state index >= 15 is 0 Å². The first-order valence-corrected chi connectivity index (χ1v) is 5.43. The SMILES string of the molecule is CC1(C)[C@H]2CC[C@]1(C)[C@H]1OC=[N+]([O-])[C@@H]21. The smallest absolute Gasteiger partial charge is 0.336 e. The monoisotopic (exact) mass is 195 g/mol. The van der Waals surface area contributed by atoms with E-state index in [1.54, 1.807) is 0 Å². The summed E-state index contributed by atoms with van der Waals surface area (Å²) < 4.78 is 6.59. The number of hydroxylamine groups is 1. The van der Waals surface area contributed by atoms with E-state index in [0.717, 1.165) is 4.74 Å². The number of hydrogen-bond donors (Lipinski definition) is 0. The maximum atomic E-state index is 11.6. The van der Waals surface area contributed by atoms with Gasteiger partial charge in [-0.1, -0.05) is 20.8 Å². The standard InChI is InChI=1S/C11H17NO2/c1-10(2)7-4-5-11(10,3)9-8(7)12(13)6-14-9/h6-9H,4-5H2,1-3H3/t7-,8-,9-,11+/m0/s1. The first-order chi connectivity index (χ1) is 6.48. The van der Waals surface area contributed by atoms with Gasteiger partial charge in [-0.25, -0.2) is 0 Å². The zero-order valence-electron chi connectivity index (χ0n) is 8.99. The summed E-state index contributed by atoms with van der Waals surface area (Å²) in [6.07, 6.45) is 3.89. The van der Waals surface area contributed by atoms with Crippen molar-refractivity contribution in [2.45, 2.75) is 45.8 Å². The van der Waals surface area contributed by atoms with E-state index in [9.17, 15) is 5.21 Å². The fourth-order valence-electron chi connectivity index (χ4n) is 3.99. The number of hydrogen-bond acceptors (Lipinski definition) is 2. The number of ether oxygens (including phenoxy) is 1. The van der Waals surface area contributed by atoms with Crippen LogP contribution < -0.4 is 0 Å². The molecule has 3 aliphatic rings. The highest BCUT2D eigenvalue weighted by Crippen LogP contribution is 2.67. The van der Waals surface area contributed by atoms with Gasteiger partial charge in [0.1, 0.15) is 0 Å². The van der Waals surface area contributed by atoms with Gasteiger partial charge in [0.2, 0.25) is 6.04 Å². The molecule has 3 rings (SSSR count). The Labute approximate surface area is 84.3 Å². The van der Waals surface area contributed by atoms with Crippen molar-refractivity contribution in [3.8, 4) is 0 Å². The molecule has 78 valence electrons. The summed E-state index contributed by atoms with van der Waals surface area (Å²) in [7, 11) is 0. The van der Waals surface area contributed by atoms with E-state index in [4.69, 9.17) is 4.74 Å². The molecular weight excluding hydrogens is 178 g/mol. The van der Waals surface area contributed by atoms with E-state index in [1.807, 2.05) is 0 Å². The van der Waals surface area contributed by atoms with Gasteiger partial charge in [-0.05, 0) is 18.3 Å². The largest absolute Gasteiger partial charge is 0.621 e. The fraction of sp³-hybridized carbons (Fsp3) is 0.909. The van der Waals surface area contributed by atoms with Crippen molar-refractivity contribution < 1.29 is 9.48 Å². The second-order valence-corrected chi connectivity index (χ2v) is 5.80. The van der Waals surface area contributed by atoms with Crippen LogP contribution in [0.3, 0.4) is 0 Å². The molecule has 0 saturated heterocycles. The molecule has 0 radical (unpaired) electrons. The minimum atomic E-state index is 0.0868. The van der Waals surface area contributed by atoms with Crippen LogP contribution in [0.15, 0.2) is 0 Å². The van der Waals surface area contributed by atoms with E-state index in [1.165, 1.54) is 19.2 Å². The minimum Gasteiger partial charge on any atom is -0.621 e. The Morgan fingerprint density at radius 3 is 2.79 bits per heavy atom. The molecule has 0 aromatic rings. The summed E-state index contributed by atoms with van der Waals surface area (Å²) in [6, 6.07) is 0.0868. The zero-order valence-corrected chi connectivity index (χ0v) is 8.99. The molecular formula is C11H17NO2. The Balaban J connectivity index is 2.10. The zero-order chi connectivity index (χ0) is 10.1. The molecule has 0 aromatic heterocycles. The third kappa shape index (κ3) is 0.635. The average molecular weight is 195 g/mol. The van der Waals surface area contributed by atoms with Crippen molar-refractivity contribution in [2.75, 3.05) is 0 Å². The lowest BCUT2D eigenvalue weighted by molar-refractivity contribution is -0.500. The second kappa shape index (κ2) is 2.10. The van der Waals surface area contributed by atoms with E-state index in [0.29, 0.717) is 5.92 Å². The second-order valence-electron chi connectivity index (χ2n) is 5.80. The van der Waals surface area contributed by atoms with Gasteiger partial charge < -0.3 is 9.94 Å². The summed E-state index contributed by atoms with van der Waals surface area (Å²) >= 11 is 0. The van der Waals surface area contributed by atoms with Crippen LogP contribution in [0.4, 0.5) is 0 Å². The Bertz CT molecular complexity index is 323. The lowest BCUT2D eigenvalue weighted by Gasteiger charge is -2.35. The molecule has 3 heteroatoms. The highest BCUT2D eigenvalue weighted by atomic mass is 16.6. The average Bonchev–Trinajstić information content (AvgIpc) is 2.63. The van der Waals surface area contributed by atoms with Crippen LogP contribution in [0, 0.1) is 22.0 Å². The third-order valence-electron chi connectivity index (χ3n) is 5.33. The Morgan fingerprint density at radius 2 is 2.14 bits per heavy atom. The van der Waals surface area contributed by atoms with Gasteiger partial charge >= 0.3 is 6.40 Å². The van der Waals surface area contributed by atoms with Crippen LogP contribution >= 0.6 is 0 Å². The Kier molecular flexibility index (Phi) is 1.28. The molecule has 4 atom stereocenters. The van der Waals surface area contributed by atoms with Gasteiger partial charge in [-0.3, -0.25) is 0 Å². The van der Waals surface area contributed by atoms with Crippen molar-refractivity contribution in [2.24, 2.45) is 16.7 Å². The first-order valence-electron chi connectivity index (χ1n) is 5.43. The molecule has 0 amide bonds. The van der Waals surface area contributed by atoms with Gasteiger partial charge in [0, 0.05) is 11.3 Å². The van der Waals surface area contributed by atoms with Crippen molar-refractivity contribution in [3.05, 3.63) is 5.21 Å². The summed E-state index contributed by atoms with van der Waals surface area (Å²) in [5.74, 6) is 0.508. The molecule has 3 nitrogen and oxygen atoms in total. The van der Waals surface area contributed by atoms with Crippen molar-refractivity contribution in [3.63, 3.8) is 0 Å². The van der Waals surface area contributed by atoms with Gasteiger partial charge in [0.25, 0.3) is 0 Å². The van der Waals surface area contributed by atoms with Crippen molar-refractivity contribution >= 4 is 6.40 Å². The Morgan fingerprint density at radius 1 is 1.43 bits per heavy atom. The van der Waals surface area contributed by atoms with Gasteiger partial charge in [0.05, 0.1) is 0 Å². The number of nitrogens with zero attached hydrogens (tertiary/aromatic N) is 1. The molecule has 2 aliphatic carbocycles. The Hall–Kier alpha value is -0.730. The maximum Gasteiger partial charge on any atom is 0.336 e. The molecule has 2 saturated carbocycles. The molecule has 0 aromatic carbocycles. The predicted molar refractivity (Wildman–Crippen MR) is 53.0 cm³/mol. The molecule has 1 heterocycles. The fourth-order valence-corrected chi connectivity index (χ4v) is 3.99. The topological polar surface area (TPSA) is 35.3 Å². The lowest BCUT2D eigenvalue weighted by Crippen LogP contribution is -2.40. The quantitative estimate of drug-likeness (QED) is 0.436. The van der Waals surface area contributed by atoms with Crippen LogP contribution in [0.25, 0.3) is 0 Å². The molecule has 2 bridgehead atoms. The van der Waals surface area contributed by atoms with Crippen LogP contribution in [0.5, 0.6) is 0 Å². The minimum absolute atomic E-state index is 0.0868. The van der Waals surface area contributed by atoms with E-state index < -0.39 is 0 Å². The summed E-state index contributed by atoms with van der Waals surface area (Å²) in [5.41, 5.74) is 0.442. The lowest BCUT2D eigenvalue weighted by atomic mass is 9.70. The molecule has 0 N–H and O–H groups in total. The van der Waals surface area contributed by atoms with Gasteiger partial charge in [-0.2, -0.15) is 4.74 Å². The molecule has 14 heavy (non-hydrogen) atoms. The highest BCUT2D eigenvalue weighted by Gasteiger charge is 2.72. The van der Waals surface area contributed by atoms with Crippen LogP contribution in [-0.2, 0) is 4.74 Å². The van der Waals surface area contributed by atoms with Gasteiger partial charge in [0.15, 0.2) is 6.10 Å². The molecule has 0 spiro atoms. The van der Waals surface area contributed by atoms with E-state index in [2.05, 4.69) is 20.8 Å². The van der Waals surface area contributed by atoms with Crippen LogP contribution in [0.2, 0.25) is 0 Å². The number of rotatable bonds is 0. The molecule has 0 unspecified atom stereocenters. The molecule has 1 aliphatic heterocycles. The van der Waals surface area contributed by atoms with Crippen molar-refractivity contribution in [1.82, 2.24) is 0 Å². The van der Waals surface area contributed by atoms with E-state index in [-0.39, 0.29) is 23.0 Å². The van der Waals surface area contributed by atoms with Crippen molar-refractivity contribution in [1.29, 1.82) is 0 Å². The van der Waals surface area contributed by atoms with Gasteiger partial charge in [-0.15, -0.1) is 0 Å². The maximum absolute atomic E-state index is 11.6. The predicted octanol–water partition coefficient (Wildman–Crippen LogP) is 1.75. The third-order valence-corrected chi connectivity index (χ3v) is 5.33. The summed E-state index contributed by atoms with van der Waals surface area (Å²) in [6.45, 7) is 6.87. The molecule has 2 fully saturated rings. The van der Waals surface area contributed by atoms with Crippen LogP contribution in [0.1, 0.15) is 33.6 Å². The first kappa shape index (κ1) is 8.57. The number of fused-ring (bicyclic) bond motifs is 5. The highest BCUT2D eigenvalue weighted by molar-refractivity contribution is 5.44. The normalized spacial score (nSPS) is 52.8. The summed E-state index contributed by atoms with van der Waals surface area (Å²) in [4.78, 5) is 0.